The Labute approximate surface area is 168 Å². The smallest absolute Gasteiger partial charge is 0.240 e. The summed E-state index contributed by atoms with van der Waals surface area (Å²) in [6, 6.07) is 10.7. The molecule has 1 aromatic heterocycles. The Morgan fingerprint density at radius 2 is 1.83 bits per heavy atom. The Morgan fingerprint density at radius 3 is 2.48 bits per heavy atom. The molecule has 8 heteroatoms. The first kappa shape index (κ1) is 19.6. The van der Waals surface area contributed by atoms with Gasteiger partial charge in [0.15, 0.2) is 0 Å². The van der Waals surface area contributed by atoms with Crippen LogP contribution in [0.1, 0.15) is 16.8 Å². The van der Waals surface area contributed by atoms with E-state index in [9.17, 15) is 17.2 Å². The zero-order valence-corrected chi connectivity index (χ0v) is 16.9. The number of H-pyrrole nitrogens is 1. The molecule has 1 aliphatic heterocycles. The molecule has 1 aliphatic rings. The van der Waals surface area contributed by atoms with Gasteiger partial charge in [-0.1, -0.05) is 6.07 Å². The van der Waals surface area contributed by atoms with Crippen molar-refractivity contribution in [3.05, 3.63) is 70.9 Å². The SMILES string of the molecule is CNS(=O)(=O)c1ccc(N2CCc3[nH]c(-c4c(F)cccc4F)cc3C2)c(C)c1. The number of fused-ring (bicyclic) bond motifs is 1. The maximum absolute atomic E-state index is 14.1. The monoisotopic (exact) mass is 417 g/mol. The summed E-state index contributed by atoms with van der Waals surface area (Å²) >= 11 is 0. The fraction of sp³-hybridized carbons (Fsp3) is 0.238. The number of nitrogens with one attached hydrogen (secondary N) is 2. The number of aromatic nitrogens is 1. The number of hydrogen-bond acceptors (Lipinski definition) is 3. The van der Waals surface area contributed by atoms with Crippen molar-refractivity contribution in [3.8, 4) is 11.3 Å². The minimum absolute atomic E-state index is 0.0498. The molecule has 0 aliphatic carbocycles. The molecule has 152 valence electrons. The van der Waals surface area contributed by atoms with Crippen LogP contribution in [0.25, 0.3) is 11.3 Å². The van der Waals surface area contributed by atoms with Crippen molar-refractivity contribution in [2.75, 3.05) is 18.5 Å². The fourth-order valence-corrected chi connectivity index (χ4v) is 4.61. The molecule has 2 heterocycles. The van der Waals surface area contributed by atoms with Crippen LogP contribution in [0.3, 0.4) is 0 Å². The number of aromatic amines is 1. The zero-order valence-electron chi connectivity index (χ0n) is 16.1. The topological polar surface area (TPSA) is 65.2 Å². The molecule has 0 bridgehead atoms. The third kappa shape index (κ3) is 3.54. The van der Waals surface area contributed by atoms with Crippen molar-refractivity contribution >= 4 is 15.7 Å². The summed E-state index contributed by atoms with van der Waals surface area (Å²) in [7, 11) is -2.12. The minimum atomic E-state index is -3.50. The number of sulfonamides is 1. The molecular weight excluding hydrogens is 396 g/mol. The van der Waals surface area contributed by atoms with E-state index in [1.807, 2.05) is 6.92 Å². The lowest BCUT2D eigenvalue weighted by Gasteiger charge is -2.30. The average Bonchev–Trinajstić information content (AvgIpc) is 3.10. The van der Waals surface area contributed by atoms with E-state index < -0.39 is 21.7 Å². The van der Waals surface area contributed by atoms with Gasteiger partial charge in [0.05, 0.1) is 16.2 Å². The Kier molecular flexibility index (Phi) is 4.92. The van der Waals surface area contributed by atoms with Gasteiger partial charge in [0.25, 0.3) is 0 Å². The average molecular weight is 417 g/mol. The molecule has 2 aromatic carbocycles. The largest absolute Gasteiger partial charge is 0.367 e. The highest BCUT2D eigenvalue weighted by molar-refractivity contribution is 7.89. The van der Waals surface area contributed by atoms with Crippen LogP contribution in [-0.2, 0) is 23.0 Å². The van der Waals surface area contributed by atoms with Gasteiger partial charge in [-0.25, -0.2) is 21.9 Å². The van der Waals surface area contributed by atoms with Crippen LogP contribution in [0.2, 0.25) is 0 Å². The summed E-state index contributed by atoms with van der Waals surface area (Å²) in [5.74, 6) is -1.20. The van der Waals surface area contributed by atoms with E-state index in [1.54, 1.807) is 24.3 Å². The highest BCUT2D eigenvalue weighted by atomic mass is 32.2. The van der Waals surface area contributed by atoms with Crippen molar-refractivity contribution in [1.29, 1.82) is 0 Å². The summed E-state index contributed by atoms with van der Waals surface area (Å²) in [6.45, 7) is 3.16. The van der Waals surface area contributed by atoms with Gasteiger partial charge in [0, 0.05) is 30.9 Å². The van der Waals surface area contributed by atoms with Crippen LogP contribution in [-0.4, -0.2) is 27.0 Å². The number of halogens is 2. The second-order valence-electron chi connectivity index (χ2n) is 7.11. The second kappa shape index (κ2) is 7.27. The first-order valence-electron chi connectivity index (χ1n) is 9.24. The molecule has 0 radical (unpaired) electrons. The minimum Gasteiger partial charge on any atom is -0.367 e. The molecule has 0 fully saturated rings. The molecule has 0 saturated carbocycles. The zero-order chi connectivity index (χ0) is 20.8. The molecule has 0 saturated heterocycles. The molecule has 3 aromatic rings. The molecule has 5 nitrogen and oxygen atoms in total. The number of aryl methyl sites for hydroxylation is 1. The maximum Gasteiger partial charge on any atom is 0.240 e. The molecular formula is C21H21F2N3O2S. The Balaban J connectivity index is 1.64. The van der Waals surface area contributed by atoms with Crippen LogP contribution in [0, 0.1) is 18.6 Å². The Bertz CT molecular complexity index is 1170. The van der Waals surface area contributed by atoms with Crippen molar-refractivity contribution < 1.29 is 17.2 Å². The van der Waals surface area contributed by atoms with Crippen molar-refractivity contribution in [2.45, 2.75) is 24.8 Å². The van der Waals surface area contributed by atoms with E-state index in [0.29, 0.717) is 25.2 Å². The van der Waals surface area contributed by atoms with Crippen LogP contribution >= 0.6 is 0 Å². The normalized spacial score (nSPS) is 14.1. The van der Waals surface area contributed by atoms with Gasteiger partial charge < -0.3 is 9.88 Å². The summed E-state index contributed by atoms with van der Waals surface area (Å²) in [4.78, 5) is 5.52. The highest BCUT2D eigenvalue weighted by Gasteiger charge is 2.23. The van der Waals surface area contributed by atoms with E-state index >= 15 is 0 Å². The number of hydrogen-bond donors (Lipinski definition) is 2. The first-order valence-corrected chi connectivity index (χ1v) is 10.7. The summed E-state index contributed by atoms with van der Waals surface area (Å²) < 4.78 is 54.6. The molecule has 0 unspecified atom stereocenters. The molecule has 4 rings (SSSR count). The lowest BCUT2D eigenvalue weighted by molar-refractivity contribution is 0.587. The van der Waals surface area contributed by atoms with E-state index in [-0.39, 0.29) is 10.5 Å². The van der Waals surface area contributed by atoms with Crippen molar-refractivity contribution in [2.24, 2.45) is 0 Å². The molecule has 0 amide bonds. The predicted molar refractivity (Wildman–Crippen MR) is 108 cm³/mol. The van der Waals surface area contributed by atoms with Gasteiger partial charge in [0.1, 0.15) is 11.6 Å². The van der Waals surface area contributed by atoms with Crippen LogP contribution in [0.4, 0.5) is 14.5 Å². The molecule has 29 heavy (non-hydrogen) atoms. The van der Waals surface area contributed by atoms with Crippen LogP contribution in [0.15, 0.2) is 47.4 Å². The summed E-state index contributed by atoms with van der Waals surface area (Å²) in [5, 5.41) is 0. The van der Waals surface area contributed by atoms with Crippen molar-refractivity contribution in [1.82, 2.24) is 9.71 Å². The Hall–Kier alpha value is -2.71. The fourth-order valence-electron chi connectivity index (χ4n) is 3.80. The lowest BCUT2D eigenvalue weighted by Crippen LogP contribution is -2.30. The van der Waals surface area contributed by atoms with Gasteiger partial charge in [-0.05, 0) is 61.5 Å². The quantitative estimate of drug-likeness (QED) is 0.680. The standard InChI is InChI=1S/C21H21F2N3O2S/c1-13-10-15(29(27,28)24-2)6-7-20(13)26-9-8-18-14(12-26)11-19(25-18)21-16(22)4-3-5-17(21)23/h3-7,10-11,24-25H,8-9,12H2,1-2H3. The molecule has 0 spiro atoms. The van der Waals surface area contributed by atoms with Crippen molar-refractivity contribution in [3.63, 3.8) is 0 Å². The van der Waals surface area contributed by atoms with E-state index in [2.05, 4.69) is 14.6 Å². The van der Waals surface area contributed by atoms with E-state index in [4.69, 9.17) is 0 Å². The highest BCUT2D eigenvalue weighted by Crippen LogP contribution is 2.32. The summed E-state index contributed by atoms with van der Waals surface area (Å²) in [6.07, 6.45) is 0.696. The number of nitrogens with zero attached hydrogens (tertiary/aromatic N) is 1. The van der Waals surface area contributed by atoms with Gasteiger partial charge in [-0.2, -0.15) is 0 Å². The second-order valence-corrected chi connectivity index (χ2v) is 9.00. The van der Waals surface area contributed by atoms with Gasteiger partial charge in [-0.15, -0.1) is 0 Å². The third-order valence-corrected chi connectivity index (χ3v) is 6.72. The van der Waals surface area contributed by atoms with Gasteiger partial charge in [0.2, 0.25) is 10.0 Å². The maximum atomic E-state index is 14.1. The van der Waals surface area contributed by atoms with E-state index in [1.165, 1.54) is 25.2 Å². The van der Waals surface area contributed by atoms with E-state index in [0.717, 1.165) is 22.5 Å². The predicted octanol–water partition coefficient (Wildman–Crippen LogP) is 3.74. The first-order chi connectivity index (χ1) is 13.8. The van der Waals surface area contributed by atoms with Gasteiger partial charge >= 0.3 is 0 Å². The Morgan fingerprint density at radius 1 is 1.10 bits per heavy atom. The third-order valence-electron chi connectivity index (χ3n) is 5.30. The molecule has 0 atom stereocenters. The number of benzene rings is 2. The lowest BCUT2D eigenvalue weighted by atomic mass is 10.0. The molecule has 2 N–H and O–H groups in total. The number of rotatable bonds is 4. The van der Waals surface area contributed by atoms with Crippen LogP contribution < -0.4 is 9.62 Å². The number of anilines is 1. The van der Waals surface area contributed by atoms with Gasteiger partial charge in [-0.3, -0.25) is 0 Å². The van der Waals surface area contributed by atoms with Crippen LogP contribution in [0.5, 0.6) is 0 Å². The summed E-state index contributed by atoms with van der Waals surface area (Å²) in [5.41, 5.74) is 4.10.